The molecule has 2 aliphatic heterocycles. The van der Waals surface area contributed by atoms with Crippen molar-refractivity contribution in [1.82, 2.24) is 14.7 Å². The monoisotopic (exact) mass is 475 g/mol. The van der Waals surface area contributed by atoms with Crippen molar-refractivity contribution >= 4 is 17.7 Å². The topological polar surface area (TPSA) is 67.6 Å². The number of rotatable bonds is 4. The van der Waals surface area contributed by atoms with Gasteiger partial charge in [0.15, 0.2) is 5.69 Å². The number of aromatic carboxylic acids is 1. The van der Waals surface area contributed by atoms with Crippen LogP contribution in [0.4, 0.5) is 13.2 Å². The molecule has 2 aliphatic rings. The molecule has 1 fully saturated rings. The van der Waals surface area contributed by atoms with Gasteiger partial charge in [-0.15, -0.1) is 11.8 Å². The van der Waals surface area contributed by atoms with Gasteiger partial charge in [0.05, 0.1) is 30.2 Å². The second-order valence-electron chi connectivity index (χ2n) is 7.92. The molecule has 0 aliphatic carbocycles. The Morgan fingerprint density at radius 1 is 1.12 bits per heavy atom. The van der Waals surface area contributed by atoms with E-state index in [9.17, 15) is 23.1 Å². The second kappa shape index (κ2) is 8.51. The molecular formula is C23H20F3N3O3S. The predicted molar refractivity (Wildman–Crippen MR) is 117 cm³/mol. The molecule has 1 N–H and O–H groups in total. The smallest absolute Gasteiger partial charge is 0.417 e. The minimum Gasteiger partial charge on any atom is -0.476 e. The molecule has 0 amide bonds. The number of benzene rings is 2. The molecule has 5 rings (SSSR count). The first-order chi connectivity index (χ1) is 15.8. The number of thioether (sulfide) groups is 1. The lowest BCUT2D eigenvalue weighted by molar-refractivity contribution is -0.139. The fourth-order valence-electron chi connectivity index (χ4n) is 4.23. The molecule has 0 spiro atoms. The number of fused-ring (bicyclic) bond motifs is 3. The summed E-state index contributed by atoms with van der Waals surface area (Å²) in [7, 11) is 0. The number of alkyl halides is 3. The number of aromatic nitrogens is 2. The molecular weight excluding hydrogens is 455 g/mol. The highest BCUT2D eigenvalue weighted by molar-refractivity contribution is 7.98. The minimum absolute atomic E-state index is 0.0968. The van der Waals surface area contributed by atoms with Gasteiger partial charge in [-0.1, -0.05) is 24.3 Å². The lowest BCUT2D eigenvalue weighted by atomic mass is 10.0. The van der Waals surface area contributed by atoms with Crippen molar-refractivity contribution in [3.63, 3.8) is 0 Å². The van der Waals surface area contributed by atoms with Crippen molar-refractivity contribution in [3.05, 3.63) is 64.8 Å². The van der Waals surface area contributed by atoms with Gasteiger partial charge in [-0.2, -0.15) is 18.3 Å². The Balaban J connectivity index is 1.57. The number of carboxylic acids is 1. The minimum atomic E-state index is -4.50. The van der Waals surface area contributed by atoms with Gasteiger partial charge < -0.3 is 9.84 Å². The van der Waals surface area contributed by atoms with Gasteiger partial charge in [0, 0.05) is 41.4 Å². The summed E-state index contributed by atoms with van der Waals surface area (Å²) in [6, 6.07) is 11.5. The predicted octanol–water partition coefficient (Wildman–Crippen LogP) is 4.69. The van der Waals surface area contributed by atoms with Gasteiger partial charge in [0.25, 0.3) is 0 Å². The van der Waals surface area contributed by atoms with Gasteiger partial charge in [0.1, 0.15) is 0 Å². The average Bonchev–Trinajstić information content (AvgIpc) is 3.20. The van der Waals surface area contributed by atoms with Gasteiger partial charge in [-0.05, 0) is 23.8 Å². The number of ether oxygens (including phenoxy) is 1. The second-order valence-corrected chi connectivity index (χ2v) is 8.90. The average molecular weight is 475 g/mol. The standard InChI is InChI=1S/C23H20F3N3O3S/c24-23(25,26)18-3-1-2-16-20-17(13-33-21(16)18)19(22(30)31)27-29(20)15-6-4-14(5-7-15)12-28-8-10-32-11-9-28/h1-7H,8-13H2,(H,30,31). The fraction of sp³-hybridized carbons (Fsp3) is 0.304. The zero-order valence-electron chi connectivity index (χ0n) is 17.4. The first-order valence-electron chi connectivity index (χ1n) is 10.4. The van der Waals surface area contributed by atoms with Crippen LogP contribution < -0.4 is 0 Å². The lowest BCUT2D eigenvalue weighted by Gasteiger charge is -2.26. The largest absolute Gasteiger partial charge is 0.476 e. The SMILES string of the molecule is O=C(O)c1nn(-c2ccc(CN3CCOCC3)cc2)c2c1CSc1c-2cccc1C(F)(F)F. The highest BCUT2D eigenvalue weighted by atomic mass is 32.2. The van der Waals surface area contributed by atoms with Crippen molar-refractivity contribution < 1.29 is 27.8 Å². The highest BCUT2D eigenvalue weighted by Gasteiger charge is 2.38. The molecule has 2 aromatic carbocycles. The maximum atomic E-state index is 13.6. The number of halogens is 3. The van der Waals surface area contributed by atoms with Gasteiger partial charge >= 0.3 is 12.1 Å². The summed E-state index contributed by atoms with van der Waals surface area (Å²) in [6.07, 6.45) is -4.50. The van der Waals surface area contributed by atoms with Crippen LogP contribution in [0.3, 0.4) is 0 Å². The first-order valence-corrected chi connectivity index (χ1v) is 11.4. The molecule has 0 bridgehead atoms. The molecule has 10 heteroatoms. The molecule has 3 heterocycles. The summed E-state index contributed by atoms with van der Waals surface area (Å²) in [5.74, 6) is -1.10. The van der Waals surface area contributed by atoms with Crippen molar-refractivity contribution in [2.24, 2.45) is 0 Å². The van der Waals surface area contributed by atoms with Crippen LogP contribution in [0.2, 0.25) is 0 Å². The Morgan fingerprint density at radius 2 is 1.85 bits per heavy atom. The Morgan fingerprint density at radius 3 is 2.52 bits per heavy atom. The molecule has 0 unspecified atom stereocenters. The van der Waals surface area contributed by atoms with E-state index < -0.39 is 17.7 Å². The molecule has 3 aromatic rings. The third-order valence-corrected chi connectivity index (χ3v) is 6.97. The third-order valence-electron chi connectivity index (χ3n) is 5.81. The number of hydrogen-bond donors (Lipinski definition) is 1. The number of hydrogen-bond acceptors (Lipinski definition) is 5. The normalized spacial score (nSPS) is 16.3. The molecule has 6 nitrogen and oxygen atoms in total. The van der Waals surface area contributed by atoms with E-state index in [0.29, 0.717) is 35.7 Å². The van der Waals surface area contributed by atoms with E-state index in [0.717, 1.165) is 43.0 Å². The van der Waals surface area contributed by atoms with Gasteiger partial charge in [-0.25, -0.2) is 9.48 Å². The first kappa shape index (κ1) is 22.0. The van der Waals surface area contributed by atoms with Crippen molar-refractivity contribution in [2.45, 2.75) is 23.4 Å². The number of carboxylic acid groups (broad SMARTS) is 1. The van der Waals surface area contributed by atoms with E-state index >= 15 is 0 Å². The third kappa shape index (κ3) is 4.14. The van der Waals surface area contributed by atoms with E-state index in [1.807, 2.05) is 24.3 Å². The van der Waals surface area contributed by atoms with E-state index in [1.165, 1.54) is 10.7 Å². The van der Waals surface area contributed by atoms with E-state index in [4.69, 9.17) is 4.74 Å². The maximum absolute atomic E-state index is 13.6. The molecule has 0 atom stereocenters. The quantitative estimate of drug-likeness (QED) is 0.590. The Bertz CT molecular complexity index is 1200. The summed E-state index contributed by atoms with van der Waals surface area (Å²) in [4.78, 5) is 14.2. The van der Waals surface area contributed by atoms with E-state index in [1.54, 1.807) is 6.07 Å². The molecule has 1 aromatic heterocycles. The van der Waals surface area contributed by atoms with Gasteiger partial charge in [0.2, 0.25) is 0 Å². The van der Waals surface area contributed by atoms with Crippen LogP contribution in [-0.2, 0) is 23.2 Å². The van der Waals surface area contributed by atoms with Crippen LogP contribution in [0.5, 0.6) is 0 Å². The fourth-order valence-corrected chi connectivity index (χ4v) is 5.45. The summed E-state index contributed by atoms with van der Waals surface area (Å²) in [5, 5.41) is 14.0. The Labute approximate surface area is 192 Å². The van der Waals surface area contributed by atoms with E-state index in [2.05, 4.69) is 10.00 Å². The summed E-state index contributed by atoms with van der Waals surface area (Å²) in [6.45, 7) is 3.87. The zero-order valence-corrected chi connectivity index (χ0v) is 18.2. The van der Waals surface area contributed by atoms with Gasteiger partial charge in [-0.3, -0.25) is 4.90 Å². The summed E-state index contributed by atoms with van der Waals surface area (Å²) < 4.78 is 47.6. The van der Waals surface area contributed by atoms with Crippen molar-refractivity contribution in [1.29, 1.82) is 0 Å². The van der Waals surface area contributed by atoms with Crippen LogP contribution in [0.15, 0.2) is 47.4 Å². The Kier molecular flexibility index (Phi) is 5.67. The summed E-state index contributed by atoms with van der Waals surface area (Å²) in [5.41, 5.74) is 1.98. The number of nitrogens with zero attached hydrogens (tertiary/aromatic N) is 3. The molecule has 0 saturated carbocycles. The Hall–Kier alpha value is -2.82. The molecule has 1 saturated heterocycles. The van der Waals surface area contributed by atoms with E-state index in [-0.39, 0.29) is 16.3 Å². The van der Waals surface area contributed by atoms with Crippen LogP contribution in [0, 0.1) is 0 Å². The zero-order chi connectivity index (χ0) is 23.2. The van der Waals surface area contributed by atoms with Crippen molar-refractivity contribution in [3.8, 4) is 16.9 Å². The maximum Gasteiger partial charge on any atom is 0.417 e. The van der Waals surface area contributed by atoms with Crippen LogP contribution >= 0.6 is 11.8 Å². The number of carbonyl (C=O) groups is 1. The summed E-state index contributed by atoms with van der Waals surface area (Å²) >= 11 is 0.994. The van der Waals surface area contributed by atoms with Crippen LogP contribution in [0.1, 0.15) is 27.2 Å². The number of morpholine rings is 1. The lowest BCUT2D eigenvalue weighted by Crippen LogP contribution is -2.35. The van der Waals surface area contributed by atoms with Crippen LogP contribution in [0.25, 0.3) is 16.9 Å². The van der Waals surface area contributed by atoms with Crippen LogP contribution in [-0.4, -0.2) is 52.1 Å². The molecule has 0 radical (unpaired) electrons. The van der Waals surface area contributed by atoms with Crippen molar-refractivity contribution in [2.75, 3.05) is 26.3 Å². The molecule has 172 valence electrons. The highest BCUT2D eigenvalue weighted by Crippen LogP contribution is 2.48. The molecule has 33 heavy (non-hydrogen) atoms.